The van der Waals surface area contributed by atoms with Crippen LogP contribution in [0.2, 0.25) is 0 Å². The van der Waals surface area contributed by atoms with Crippen LogP contribution < -0.4 is 9.47 Å². The number of hydrogen-bond acceptors (Lipinski definition) is 5. The van der Waals surface area contributed by atoms with Gasteiger partial charge >= 0.3 is 5.97 Å². The minimum Gasteiger partial charge on any atom is -0.497 e. The Morgan fingerprint density at radius 1 is 1.18 bits per heavy atom. The molecule has 3 rings (SSSR count). The third-order valence-electron chi connectivity index (χ3n) is 4.36. The van der Waals surface area contributed by atoms with Crippen molar-refractivity contribution in [2.24, 2.45) is 0 Å². The second-order valence-corrected chi connectivity index (χ2v) is 7.25. The van der Waals surface area contributed by atoms with E-state index in [1.54, 1.807) is 7.11 Å². The van der Waals surface area contributed by atoms with E-state index in [1.165, 1.54) is 16.9 Å². The molecule has 0 fully saturated rings. The predicted molar refractivity (Wildman–Crippen MR) is 111 cm³/mol. The van der Waals surface area contributed by atoms with Gasteiger partial charge in [0.25, 0.3) is 0 Å². The standard InChI is InChI=1S/C22H23NO4S/c1-3-18-20(22(24)25)28-21(23-18)17-12-11-16(26-2)14-19(17)27-13-7-10-15-8-5-4-6-9-15/h4-6,8-9,11-12,14H,3,7,10,13H2,1-2H3,(H,24,25). The second-order valence-electron chi connectivity index (χ2n) is 6.25. The number of carbonyl (C=O) groups is 1. The average molecular weight is 397 g/mol. The van der Waals surface area contributed by atoms with Crippen molar-refractivity contribution >= 4 is 17.3 Å². The Bertz CT molecular complexity index is 937. The topological polar surface area (TPSA) is 68.7 Å². The fourth-order valence-electron chi connectivity index (χ4n) is 2.90. The zero-order valence-electron chi connectivity index (χ0n) is 16.0. The van der Waals surface area contributed by atoms with Gasteiger partial charge in [-0.3, -0.25) is 0 Å². The largest absolute Gasteiger partial charge is 0.497 e. The van der Waals surface area contributed by atoms with E-state index in [9.17, 15) is 9.90 Å². The summed E-state index contributed by atoms with van der Waals surface area (Å²) in [6.45, 7) is 2.45. The highest BCUT2D eigenvalue weighted by atomic mass is 32.1. The fraction of sp³-hybridized carbons (Fsp3) is 0.273. The van der Waals surface area contributed by atoms with Crippen molar-refractivity contribution in [1.82, 2.24) is 4.98 Å². The average Bonchev–Trinajstić information content (AvgIpc) is 3.16. The van der Waals surface area contributed by atoms with E-state index >= 15 is 0 Å². The molecule has 5 nitrogen and oxygen atoms in total. The van der Waals surface area contributed by atoms with Crippen molar-refractivity contribution in [3.63, 3.8) is 0 Å². The first-order chi connectivity index (χ1) is 13.6. The first kappa shape index (κ1) is 19.9. The van der Waals surface area contributed by atoms with Crippen molar-refractivity contribution in [2.75, 3.05) is 13.7 Å². The van der Waals surface area contributed by atoms with E-state index in [1.807, 2.05) is 43.3 Å². The summed E-state index contributed by atoms with van der Waals surface area (Å²) in [7, 11) is 1.61. The fourth-order valence-corrected chi connectivity index (χ4v) is 3.93. The molecule has 0 saturated heterocycles. The number of aryl methyl sites for hydroxylation is 2. The number of methoxy groups -OCH3 is 1. The number of nitrogens with zero attached hydrogens (tertiary/aromatic N) is 1. The molecule has 2 aromatic carbocycles. The van der Waals surface area contributed by atoms with Gasteiger partial charge in [-0.1, -0.05) is 37.3 Å². The van der Waals surface area contributed by atoms with Crippen LogP contribution in [0, 0.1) is 0 Å². The number of carboxylic acid groups (broad SMARTS) is 1. The van der Waals surface area contributed by atoms with E-state index in [0.29, 0.717) is 35.2 Å². The summed E-state index contributed by atoms with van der Waals surface area (Å²) in [5, 5.41) is 10.1. The lowest BCUT2D eigenvalue weighted by molar-refractivity contribution is 0.0701. The molecule has 0 aliphatic rings. The number of benzene rings is 2. The molecule has 0 radical (unpaired) electrons. The molecule has 1 aromatic heterocycles. The molecule has 0 unspecified atom stereocenters. The Balaban J connectivity index is 1.79. The number of hydrogen-bond donors (Lipinski definition) is 1. The molecule has 6 heteroatoms. The van der Waals surface area contributed by atoms with Crippen LogP contribution in [0.5, 0.6) is 11.5 Å². The third kappa shape index (κ3) is 4.70. The van der Waals surface area contributed by atoms with E-state index < -0.39 is 5.97 Å². The number of aromatic nitrogens is 1. The molecular weight excluding hydrogens is 374 g/mol. The van der Waals surface area contributed by atoms with Gasteiger partial charge in [-0.2, -0.15) is 0 Å². The van der Waals surface area contributed by atoms with Crippen LogP contribution in [-0.4, -0.2) is 29.8 Å². The van der Waals surface area contributed by atoms with E-state index in [-0.39, 0.29) is 4.88 Å². The maximum Gasteiger partial charge on any atom is 0.347 e. The molecule has 28 heavy (non-hydrogen) atoms. The Hall–Kier alpha value is -2.86. The summed E-state index contributed by atoms with van der Waals surface area (Å²) >= 11 is 1.18. The van der Waals surface area contributed by atoms with Gasteiger partial charge in [-0.15, -0.1) is 11.3 Å². The molecule has 146 valence electrons. The Kier molecular flexibility index (Phi) is 6.66. The highest BCUT2D eigenvalue weighted by Crippen LogP contribution is 2.37. The second kappa shape index (κ2) is 9.37. The molecule has 3 aromatic rings. The van der Waals surface area contributed by atoms with Crippen molar-refractivity contribution in [3.8, 4) is 22.1 Å². The summed E-state index contributed by atoms with van der Waals surface area (Å²) in [5.41, 5.74) is 2.65. The number of rotatable bonds is 9. The molecule has 0 bridgehead atoms. The summed E-state index contributed by atoms with van der Waals surface area (Å²) in [5.74, 6) is 0.396. The molecule has 0 aliphatic heterocycles. The highest BCUT2D eigenvalue weighted by Gasteiger charge is 2.19. The van der Waals surface area contributed by atoms with Gasteiger partial charge in [0.1, 0.15) is 21.4 Å². The zero-order valence-corrected chi connectivity index (χ0v) is 16.8. The Morgan fingerprint density at radius 3 is 2.61 bits per heavy atom. The molecule has 0 spiro atoms. The maximum absolute atomic E-state index is 11.5. The van der Waals surface area contributed by atoms with Gasteiger partial charge in [-0.25, -0.2) is 9.78 Å². The first-order valence-electron chi connectivity index (χ1n) is 9.20. The Morgan fingerprint density at radius 2 is 1.96 bits per heavy atom. The smallest absolute Gasteiger partial charge is 0.347 e. The van der Waals surface area contributed by atoms with E-state index in [4.69, 9.17) is 9.47 Å². The zero-order chi connectivity index (χ0) is 19.9. The third-order valence-corrected chi connectivity index (χ3v) is 5.47. The summed E-state index contributed by atoms with van der Waals surface area (Å²) in [6.07, 6.45) is 2.38. The van der Waals surface area contributed by atoms with E-state index in [0.717, 1.165) is 18.4 Å². The molecule has 0 amide bonds. The predicted octanol–water partition coefficient (Wildman–Crippen LogP) is 5.09. The van der Waals surface area contributed by atoms with Gasteiger partial charge in [0.05, 0.1) is 25.0 Å². The first-order valence-corrected chi connectivity index (χ1v) is 10.0. The van der Waals surface area contributed by atoms with Crippen molar-refractivity contribution in [3.05, 3.63) is 64.7 Å². The van der Waals surface area contributed by atoms with Crippen LogP contribution in [0.1, 0.15) is 34.3 Å². The van der Waals surface area contributed by atoms with Crippen LogP contribution in [0.3, 0.4) is 0 Å². The molecule has 0 atom stereocenters. The summed E-state index contributed by atoms with van der Waals surface area (Å²) in [6, 6.07) is 15.8. The summed E-state index contributed by atoms with van der Waals surface area (Å²) < 4.78 is 11.4. The number of thiazole rings is 1. The monoisotopic (exact) mass is 397 g/mol. The maximum atomic E-state index is 11.5. The SMILES string of the molecule is CCc1nc(-c2ccc(OC)cc2OCCCc2ccccc2)sc1C(=O)O. The van der Waals surface area contributed by atoms with Crippen LogP contribution in [0.15, 0.2) is 48.5 Å². The number of aromatic carboxylic acids is 1. The normalized spacial score (nSPS) is 10.6. The van der Waals surface area contributed by atoms with Crippen LogP contribution in [0.4, 0.5) is 0 Å². The molecule has 1 N–H and O–H groups in total. The number of ether oxygens (including phenoxy) is 2. The molecular formula is C22H23NO4S. The highest BCUT2D eigenvalue weighted by molar-refractivity contribution is 7.17. The minimum absolute atomic E-state index is 0.281. The Labute approximate surface area is 168 Å². The van der Waals surface area contributed by atoms with Gasteiger partial charge in [0.2, 0.25) is 0 Å². The quantitative estimate of drug-likeness (QED) is 0.509. The van der Waals surface area contributed by atoms with Crippen LogP contribution >= 0.6 is 11.3 Å². The lowest BCUT2D eigenvalue weighted by Crippen LogP contribution is -2.01. The van der Waals surface area contributed by atoms with Crippen molar-refractivity contribution in [1.29, 1.82) is 0 Å². The van der Waals surface area contributed by atoms with Gasteiger partial charge < -0.3 is 14.6 Å². The summed E-state index contributed by atoms with van der Waals surface area (Å²) in [4.78, 5) is 16.3. The van der Waals surface area contributed by atoms with E-state index in [2.05, 4.69) is 17.1 Å². The molecule has 0 aliphatic carbocycles. The van der Waals surface area contributed by atoms with Crippen molar-refractivity contribution < 1.29 is 19.4 Å². The minimum atomic E-state index is -0.945. The van der Waals surface area contributed by atoms with Crippen molar-refractivity contribution in [2.45, 2.75) is 26.2 Å². The molecule has 0 saturated carbocycles. The van der Waals surface area contributed by atoms with Gasteiger partial charge in [-0.05, 0) is 37.0 Å². The molecule has 1 heterocycles. The van der Waals surface area contributed by atoms with Crippen LogP contribution in [0.25, 0.3) is 10.6 Å². The lowest BCUT2D eigenvalue weighted by Gasteiger charge is -2.12. The van der Waals surface area contributed by atoms with Crippen LogP contribution in [-0.2, 0) is 12.8 Å². The number of carboxylic acids is 1. The lowest BCUT2D eigenvalue weighted by atomic mass is 10.1. The van der Waals surface area contributed by atoms with Gasteiger partial charge in [0.15, 0.2) is 0 Å². The van der Waals surface area contributed by atoms with Gasteiger partial charge in [0, 0.05) is 6.07 Å².